The summed E-state index contributed by atoms with van der Waals surface area (Å²) >= 11 is 0. The quantitative estimate of drug-likeness (QED) is 0.644. The third-order valence-corrected chi connectivity index (χ3v) is 5.31. The van der Waals surface area contributed by atoms with Gasteiger partial charge in [-0.2, -0.15) is 0 Å². The Morgan fingerprint density at radius 1 is 1.52 bits per heavy atom. The van der Waals surface area contributed by atoms with E-state index in [9.17, 15) is 8.42 Å². The fourth-order valence-electron chi connectivity index (χ4n) is 2.38. The van der Waals surface area contributed by atoms with Gasteiger partial charge < -0.3 is 15.8 Å². The minimum absolute atomic E-state index is 0.0643. The van der Waals surface area contributed by atoms with E-state index in [1.54, 1.807) is 7.11 Å². The summed E-state index contributed by atoms with van der Waals surface area (Å²) in [4.78, 5) is 4.24. The van der Waals surface area contributed by atoms with E-state index < -0.39 is 9.84 Å². The molecule has 1 fully saturated rings. The number of hydrogen-bond donors (Lipinski definition) is 2. The van der Waals surface area contributed by atoms with E-state index in [0.717, 1.165) is 17.9 Å². The van der Waals surface area contributed by atoms with Crippen molar-refractivity contribution < 1.29 is 13.2 Å². The summed E-state index contributed by atoms with van der Waals surface area (Å²) in [5.74, 6) is 1.58. The molecule has 0 aliphatic carbocycles. The van der Waals surface area contributed by atoms with Crippen molar-refractivity contribution in [2.75, 3.05) is 30.5 Å². The number of nitrogens with zero attached hydrogens (tertiary/aromatic N) is 1. The number of benzene rings is 1. The minimum atomic E-state index is -2.89. The first-order valence-electron chi connectivity index (χ1n) is 6.90. The third-order valence-electron chi connectivity index (χ3n) is 3.42. The first-order chi connectivity index (χ1) is 9.98. The van der Waals surface area contributed by atoms with Crippen LogP contribution in [0.4, 0.5) is 5.69 Å². The Labute approximate surface area is 125 Å². The number of ether oxygens (including phenoxy) is 1. The molecule has 1 unspecified atom stereocenters. The molecular weight excluding hydrogens is 290 g/mol. The first-order valence-corrected chi connectivity index (χ1v) is 8.72. The zero-order valence-corrected chi connectivity index (χ0v) is 12.9. The zero-order valence-electron chi connectivity index (χ0n) is 12.1. The number of anilines is 1. The first kappa shape index (κ1) is 15.6. The second-order valence-electron chi connectivity index (χ2n) is 5.21. The molecule has 1 aromatic carbocycles. The maximum atomic E-state index is 11.6. The molecule has 1 aromatic rings. The van der Waals surface area contributed by atoms with Crippen LogP contribution in [0.1, 0.15) is 12.8 Å². The van der Waals surface area contributed by atoms with Crippen LogP contribution in [0.25, 0.3) is 0 Å². The molecule has 3 N–H and O–H groups in total. The molecule has 116 valence electrons. The Kier molecular flexibility index (Phi) is 5.06. The molecule has 21 heavy (non-hydrogen) atoms. The van der Waals surface area contributed by atoms with Crippen LogP contribution in [0, 0.1) is 5.92 Å². The maximum Gasteiger partial charge on any atom is 0.193 e. The second-order valence-corrected chi connectivity index (χ2v) is 7.43. The smallest absolute Gasteiger partial charge is 0.193 e. The average molecular weight is 311 g/mol. The standard InChI is InChI=1S/C14H21N3O3S/c1-20-13-6-2-5-12(8-13)17-14(15)16-9-11-4-3-7-21(18,19)10-11/h2,5-6,8,11H,3-4,7,9-10H2,1H3,(H3,15,16,17). The molecule has 0 radical (unpaired) electrons. The highest BCUT2D eigenvalue weighted by Crippen LogP contribution is 2.19. The molecule has 2 rings (SSSR count). The van der Waals surface area contributed by atoms with Gasteiger partial charge in [0.25, 0.3) is 0 Å². The monoisotopic (exact) mass is 311 g/mol. The van der Waals surface area contributed by atoms with Gasteiger partial charge in [0, 0.05) is 18.3 Å². The van der Waals surface area contributed by atoms with Gasteiger partial charge in [-0.15, -0.1) is 0 Å². The Morgan fingerprint density at radius 3 is 3.05 bits per heavy atom. The molecule has 1 aliphatic rings. The molecule has 1 atom stereocenters. The van der Waals surface area contributed by atoms with Crippen molar-refractivity contribution in [3.8, 4) is 5.75 Å². The van der Waals surface area contributed by atoms with Crippen LogP contribution in [-0.4, -0.2) is 39.5 Å². The lowest BCUT2D eigenvalue weighted by molar-refractivity contribution is 0.415. The van der Waals surface area contributed by atoms with Crippen LogP contribution < -0.4 is 15.8 Å². The van der Waals surface area contributed by atoms with Crippen LogP contribution in [0.15, 0.2) is 29.3 Å². The van der Waals surface area contributed by atoms with E-state index in [0.29, 0.717) is 18.7 Å². The van der Waals surface area contributed by atoms with Gasteiger partial charge in [-0.3, -0.25) is 4.99 Å². The molecule has 0 aromatic heterocycles. The van der Waals surface area contributed by atoms with Gasteiger partial charge in [0.15, 0.2) is 15.8 Å². The van der Waals surface area contributed by atoms with Crippen molar-refractivity contribution in [2.45, 2.75) is 12.8 Å². The van der Waals surface area contributed by atoms with Crippen LogP contribution in [0.2, 0.25) is 0 Å². The summed E-state index contributed by atoms with van der Waals surface area (Å²) in [6.45, 7) is 0.433. The van der Waals surface area contributed by atoms with Crippen molar-refractivity contribution in [1.82, 2.24) is 0 Å². The fourth-order valence-corrected chi connectivity index (χ4v) is 4.14. The molecule has 6 nitrogen and oxygen atoms in total. The molecule has 7 heteroatoms. The van der Waals surface area contributed by atoms with E-state index in [-0.39, 0.29) is 17.6 Å². The topological polar surface area (TPSA) is 93.8 Å². The van der Waals surface area contributed by atoms with Crippen LogP contribution in [0.3, 0.4) is 0 Å². The summed E-state index contributed by atoms with van der Waals surface area (Å²) in [6, 6.07) is 7.36. The van der Waals surface area contributed by atoms with E-state index in [1.807, 2.05) is 24.3 Å². The molecule has 0 spiro atoms. The summed E-state index contributed by atoms with van der Waals surface area (Å²) in [6.07, 6.45) is 1.60. The van der Waals surface area contributed by atoms with Crippen molar-refractivity contribution in [1.29, 1.82) is 0 Å². The number of nitrogens with two attached hydrogens (primary N) is 1. The van der Waals surface area contributed by atoms with Gasteiger partial charge in [-0.05, 0) is 30.9 Å². The SMILES string of the molecule is COc1cccc(NC(N)=NCC2CCCS(=O)(=O)C2)c1. The molecule has 0 saturated carbocycles. The maximum absolute atomic E-state index is 11.6. The minimum Gasteiger partial charge on any atom is -0.497 e. The number of nitrogens with one attached hydrogen (secondary N) is 1. The molecule has 0 amide bonds. The van der Waals surface area contributed by atoms with Crippen molar-refractivity contribution in [2.24, 2.45) is 16.6 Å². The normalized spacial score (nSPS) is 21.8. The van der Waals surface area contributed by atoms with Gasteiger partial charge in [-0.1, -0.05) is 6.07 Å². The number of guanidine groups is 1. The number of methoxy groups -OCH3 is 1. The van der Waals surface area contributed by atoms with Crippen LogP contribution >= 0.6 is 0 Å². The molecule has 1 aliphatic heterocycles. The third kappa shape index (κ3) is 4.93. The Morgan fingerprint density at radius 2 is 2.33 bits per heavy atom. The lowest BCUT2D eigenvalue weighted by Gasteiger charge is -2.20. The number of hydrogen-bond acceptors (Lipinski definition) is 4. The Bertz CT molecular complexity index is 614. The van der Waals surface area contributed by atoms with Gasteiger partial charge in [-0.25, -0.2) is 8.42 Å². The fraction of sp³-hybridized carbons (Fsp3) is 0.500. The van der Waals surface area contributed by atoms with E-state index in [1.165, 1.54) is 0 Å². The predicted octanol–water partition coefficient (Wildman–Crippen LogP) is 1.25. The molecule has 1 heterocycles. The van der Waals surface area contributed by atoms with E-state index in [2.05, 4.69) is 10.3 Å². The lowest BCUT2D eigenvalue weighted by atomic mass is 10.1. The Hall–Kier alpha value is -1.76. The van der Waals surface area contributed by atoms with Crippen molar-refractivity contribution in [3.05, 3.63) is 24.3 Å². The Balaban J connectivity index is 1.92. The highest BCUT2D eigenvalue weighted by atomic mass is 32.2. The highest BCUT2D eigenvalue weighted by molar-refractivity contribution is 7.91. The van der Waals surface area contributed by atoms with Crippen LogP contribution in [-0.2, 0) is 9.84 Å². The summed E-state index contributed by atoms with van der Waals surface area (Å²) < 4.78 is 28.2. The van der Waals surface area contributed by atoms with Crippen LogP contribution in [0.5, 0.6) is 5.75 Å². The van der Waals surface area contributed by atoms with Gasteiger partial charge in [0.05, 0.1) is 18.6 Å². The summed E-state index contributed by atoms with van der Waals surface area (Å²) in [7, 11) is -1.30. The largest absolute Gasteiger partial charge is 0.497 e. The number of aliphatic imine (C=N–C) groups is 1. The predicted molar refractivity (Wildman–Crippen MR) is 84.5 cm³/mol. The van der Waals surface area contributed by atoms with Gasteiger partial charge in [0.1, 0.15) is 5.75 Å². The average Bonchev–Trinajstić information content (AvgIpc) is 2.44. The van der Waals surface area contributed by atoms with E-state index >= 15 is 0 Å². The molecule has 1 saturated heterocycles. The lowest BCUT2D eigenvalue weighted by Crippen LogP contribution is -2.29. The number of rotatable bonds is 4. The van der Waals surface area contributed by atoms with Gasteiger partial charge >= 0.3 is 0 Å². The summed E-state index contributed by atoms with van der Waals surface area (Å²) in [5.41, 5.74) is 6.61. The summed E-state index contributed by atoms with van der Waals surface area (Å²) in [5, 5.41) is 2.98. The van der Waals surface area contributed by atoms with Gasteiger partial charge in [0.2, 0.25) is 0 Å². The molecular formula is C14H21N3O3S. The van der Waals surface area contributed by atoms with E-state index in [4.69, 9.17) is 10.5 Å². The van der Waals surface area contributed by atoms with Crippen molar-refractivity contribution >= 4 is 21.5 Å². The van der Waals surface area contributed by atoms with Crippen molar-refractivity contribution in [3.63, 3.8) is 0 Å². The molecule has 0 bridgehead atoms. The highest BCUT2D eigenvalue weighted by Gasteiger charge is 2.24. The zero-order chi connectivity index (χ0) is 15.3. The second kappa shape index (κ2) is 6.80. The number of sulfone groups is 1.